The number of esters is 1. The largest absolute Gasteiger partial charge is 0.458 e. The van der Waals surface area contributed by atoms with Gasteiger partial charge in [0.25, 0.3) is 5.69 Å². The maximum Gasteiger partial charge on any atom is 0.303 e. The van der Waals surface area contributed by atoms with Gasteiger partial charge in [-0.15, -0.1) is 0 Å². The topological polar surface area (TPSA) is 69.4 Å². The van der Waals surface area contributed by atoms with Crippen molar-refractivity contribution in [1.82, 2.24) is 0 Å². The molecule has 0 unspecified atom stereocenters. The molecule has 0 aromatic heterocycles. The van der Waals surface area contributed by atoms with Crippen molar-refractivity contribution in [3.05, 3.63) is 39.4 Å². The molecular weight excluding hydrogens is 246 g/mol. The average molecular weight is 265 g/mol. The molecule has 1 rings (SSSR count). The molecular formula is C14H19NO4. The lowest BCUT2D eigenvalue weighted by molar-refractivity contribution is -0.386. The Morgan fingerprint density at radius 1 is 1.37 bits per heavy atom. The highest BCUT2D eigenvalue weighted by molar-refractivity contribution is 5.66. The van der Waals surface area contributed by atoms with Gasteiger partial charge >= 0.3 is 5.97 Å². The number of benzene rings is 1. The maximum absolute atomic E-state index is 11.2. The number of carbonyl (C=O) groups excluding carboxylic acids is 1. The fourth-order valence-corrected chi connectivity index (χ4v) is 1.82. The molecule has 0 saturated carbocycles. The molecule has 1 atom stereocenters. The first-order valence-corrected chi connectivity index (χ1v) is 6.09. The molecule has 0 fully saturated rings. The molecule has 104 valence electrons. The minimum Gasteiger partial charge on any atom is -0.458 e. The average Bonchev–Trinajstić information content (AvgIpc) is 2.25. The van der Waals surface area contributed by atoms with Crippen LogP contribution in [0.2, 0.25) is 0 Å². The molecule has 19 heavy (non-hydrogen) atoms. The van der Waals surface area contributed by atoms with Gasteiger partial charge in [-0.05, 0) is 24.0 Å². The summed E-state index contributed by atoms with van der Waals surface area (Å²) in [7, 11) is 0. The van der Waals surface area contributed by atoms with E-state index >= 15 is 0 Å². The fraction of sp³-hybridized carbons (Fsp3) is 0.500. The van der Waals surface area contributed by atoms with Crippen molar-refractivity contribution < 1.29 is 14.5 Å². The van der Waals surface area contributed by atoms with E-state index in [-0.39, 0.29) is 11.1 Å². The number of nitrogens with zero attached hydrogens (tertiary/aromatic N) is 1. The van der Waals surface area contributed by atoms with Gasteiger partial charge in [0, 0.05) is 13.0 Å². The Hall–Kier alpha value is -1.91. The first-order chi connectivity index (χ1) is 8.62. The molecule has 0 bridgehead atoms. The molecule has 0 aliphatic heterocycles. The summed E-state index contributed by atoms with van der Waals surface area (Å²) in [4.78, 5) is 21.7. The van der Waals surface area contributed by atoms with Crippen LogP contribution >= 0.6 is 0 Å². The number of carbonyl (C=O) groups is 1. The second kappa shape index (κ2) is 5.38. The van der Waals surface area contributed by atoms with Gasteiger partial charge in [0.15, 0.2) is 0 Å². The van der Waals surface area contributed by atoms with Crippen molar-refractivity contribution in [1.29, 1.82) is 0 Å². The third-order valence-corrected chi connectivity index (χ3v) is 2.87. The van der Waals surface area contributed by atoms with Crippen LogP contribution in [0.4, 0.5) is 5.69 Å². The van der Waals surface area contributed by atoms with E-state index in [1.165, 1.54) is 6.92 Å². The third kappa shape index (κ3) is 3.77. The summed E-state index contributed by atoms with van der Waals surface area (Å²) in [5, 5.41) is 11.2. The van der Waals surface area contributed by atoms with Crippen LogP contribution in [0.5, 0.6) is 0 Å². The standard InChI is InChI=1S/C14H19NO4/c1-9(19-10(2)16)12-7-6-11(14(3,4)5)8-13(12)15(17)18/h6-9H,1-5H3/t9-/m0/s1. The van der Waals surface area contributed by atoms with E-state index in [1.807, 2.05) is 26.8 Å². The zero-order valence-electron chi connectivity index (χ0n) is 11.9. The number of rotatable bonds is 3. The lowest BCUT2D eigenvalue weighted by Gasteiger charge is -2.20. The van der Waals surface area contributed by atoms with Crippen molar-refractivity contribution in [2.75, 3.05) is 0 Å². The van der Waals surface area contributed by atoms with Crippen LogP contribution < -0.4 is 0 Å². The van der Waals surface area contributed by atoms with Crippen LogP contribution in [-0.4, -0.2) is 10.9 Å². The highest BCUT2D eigenvalue weighted by Gasteiger charge is 2.24. The monoisotopic (exact) mass is 265 g/mol. The highest BCUT2D eigenvalue weighted by Crippen LogP contribution is 2.32. The molecule has 0 amide bonds. The van der Waals surface area contributed by atoms with Crippen molar-refractivity contribution >= 4 is 11.7 Å². The minimum absolute atomic E-state index is 0.0128. The fourth-order valence-electron chi connectivity index (χ4n) is 1.82. The molecule has 0 spiro atoms. The second-order valence-electron chi connectivity index (χ2n) is 5.53. The Balaban J connectivity index is 3.26. The Morgan fingerprint density at radius 2 is 1.95 bits per heavy atom. The molecule has 0 saturated heterocycles. The molecule has 0 aliphatic rings. The van der Waals surface area contributed by atoms with Crippen molar-refractivity contribution in [3.8, 4) is 0 Å². The minimum atomic E-state index is -0.632. The van der Waals surface area contributed by atoms with Crippen molar-refractivity contribution in [2.45, 2.75) is 46.1 Å². The molecule has 1 aromatic rings. The molecule has 1 aromatic carbocycles. The molecule has 5 heteroatoms. The quantitative estimate of drug-likeness (QED) is 0.476. The Labute approximate surface area is 112 Å². The van der Waals surface area contributed by atoms with Crippen LogP contribution in [0, 0.1) is 10.1 Å². The van der Waals surface area contributed by atoms with Gasteiger partial charge < -0.3 is 4.74 Å². The Morgan fingerprint density at radius 3 is 2.37 bits per heavy atom. The van der Waals surface area contributed by atoms with Crippen molar-refractivity contribution in [3.63, 3.8) is 0 Å². The summed E-state index contributed by atoms with van der Waals surface area (Å²) in [6, 6.07) is 5.05. The normalized spacial score (nSPS) is 12.9. The Kier molecular flexibility index (Phi) is 4.29. The van der Waals surface area contributed by atoms with Gasteiger partial charge in [0.1, 0.15) is 6.10 Å². The van der Waals surface area contributed by atoms with E-state index < -0.39 is 17.0 Å². The summed E-state index contributed by atoms with van der Waals surface area (Å²) in [6.45, 7) is 8.87. The summed E-state index contributed by atoms with van der Waals surface area (Å²) in [6.07, 6.45) is -0.632. The van der Waals surface area contributed by atoms with Crippen molar-refractivity contribution in [2.24, 2.45) is 0 Å². The summed E-state index contributed by atoms with van der Waals surface area (Å²) in [5.74, 6) is -0.457. The SMILES string of the molecule is CC(=O)O[C@@H](C)c1ccc(C(C)(C)C)cc1[N+](=O)[O-]. The zero-order valence-corrected chi connectivity index (χ0v) is 11.9. The summed E-state index contributed by atoms with van der Waals surface area (Å²) in [5.41, 5.74) is 1.10. The van der Waals surface area contributed by atoms with Gasteiger partial charge in [0.2, 0.25) is 0 Å². The van der Waals surface area contributed by atoms with Gasteiger partial charge in [0.05, 0.1) is 10.5 Å². The van der Waals surface area contributed by atoms with E-state index in [0.717, 1.165) is 5.56 Å². The third-order valence-electron chi connectivity index (χ3n) is 2.87. The number of hydrogen-bond acceptors (Lipinski definition) is 4. The first-order valence-electron chi connectivity index (χ1n) is 6.09. The molecule has 0 radical (unpaired) electrons. The molecule has 5 nitrogen and oxygen atoms in total. The molecule has 0 N–H and O–H groups in total. The number of nitro groups is 1. The van der Waals surface area contributed by atoms with Gasteiger partial charge in [-0.25, -0.2) is 0 Å². The number of ether oxygens (including phenoxy) is 1. The number of hydrogen-bond donors (Lipinski definition) is 0. The van der Waals surface area contributed by atoms with Gasteiger partial charge in [-0.2, -0.15) is 0 Å². The predicted molar refractivity (Wildman–Crippen MR) is 72.0 cm³/mol. The summed E-state index contributed by atoms with van der Waals surface area (Å²) < 4.78 is 5.01. The van der Waals surface area contributed by atoms with Crippen LogP contribution in [0.15, 0.2) is 18.2 Å². The smallest absolute Gasteiger partial charge is 0.303 e. The molecule has 0 heterocycles. The van der Waals surface area contributed by atoms with E-state index in [2.05, 4.69) is 0 Å². The van der Waals surface area contributed by atoms with Gasteiger partial charge in [-0.1, -0.05) is 26.8 Å². The van der Waals surface area contributed by atoms with Crippen LogP contribution in [0.3, 0.4) is 0 Å². The van der Waals surface area contributed by atoms with E-state index in [0.29, 0.717) is 5.56 Å². The predicted octanol–water partition coefficient (Wildman–Crippen LogP) is 3.52. The highest BCUT2D eigenvalue weighted by atomic mass is 16.6. The lowest BCUT2D eigenvalue weighted by atomic mass is 9.86. The van der Waals surface area contributed by atoms with Gasteiger partial charge in [-0.3, -0.25) is 14.9 Å². The van der Waals surface area contributed by atoms with E-state index in [1.54, 1.807) is 19.1 Å². The Bertz CT molecular complexity index is 503. The van der Waals surface area contributed by atoms with E-state index in [9.17, 15) is 14.9 Å². The van der Waals surface area contributed by atoms with Crippen LogP contribution in [0.25, 0.3) is 0 Å². The zero-order chi connectivity index (χ0) is 14.8. The maximum atomic E-state index is 11.2. The summed E-state index contributed by atoms with van der Waals surface area (Å²) >= 11 is 0. The first kappa shape index (κ1) is 15.1. The van der Waals surface area contributed by atoms with Crippen LogP contribution in [0.1, 0.15) is 51.8 Å². The number of nitro benzene ring substituents is 1. The lowest BCUT2D eigenvalue weighted by Crippen LogP contribution is -2.13. The van der Waals surface area contributed by atoms with E-state index in [4.69, 9.17) is 4.74 Å². The molecule has 0 aliphatic carbocycles. The second-order valence-corrected chi connectivity index (χ2v) is 5.53. The van der Waals surface area contributed by atoms with Crippen LogP contribution in [-0.2, 0) is 14.9 Å².